The average molecular weight is 360 g/mol. The van der Waals surface area contributed by atoms with E-state index < -0.39 is 0 Å². The molecule has 1 saturated heterocycles. The van der Waals surface area contributed by atoms with Crippen LogP contribution in [0.15, 0.2) is 23.2 Å². The fraction of sp³-hybridized carbons (Fsp3) is 0.667. The number of nitrogens with one attached hydrogen (secondary N) is 1. The molecule has 0 unspecified atom stereocenters. The number of ether oxygens (including phenoxy) is 2. The van der Waals surface area contributed by atoms with Gasteiger partial charge in [0, 0.05) is 26.7 Å². The third kappa shape index (κ3) is 4.25. The number of guanidine groups is 1. The largest absolute Gasteiger partial charge is 0.493 e. The second kappa shape index (κ2) is 8.65. The summed E-state index contributed by atoms with van der Waals surface area (Å²) in [5.41, 5.74) is 1.85. The fourth-order valence-corrected chi connectivity index (χ4v) is 4.51. The third-order valence-corrected chi connectivity index (χ3v) is 5.99. The quantitative estimate of drug-likeness (QED) is 0.480. The van der Waals surface area contributed by atoms with Crippen LogP contribution >= 0.6 is 0 Å². The van der Waals surface area contributed by atoms with Crippen molar-refractivity contribution in [1.29, 1.82) is 0 Å². The van der Waals surface area contributed by atoms with Gasteiger partial charge in [0.05, 0.1) is 14.2 Å². The maximum absolute atomic E-state index is 5.39. The average Bonchev–Trinajstić information content (AvgIpc) is 3.31. The summed E-state index contributed by atoms with van der Waals surface area (Å²) in [6.07, 6.45) is 9.02. The highest BCUT2D eigenvalue weighted by atomic mass is 16.5. The molecule has 0 atom stereocenters. The Labute approximate surface area is 157 Å². The summed E-state index contributed by atoms with van der Waals surface area (Å²) in [6, 6.07) is 6.16. The first-order valence-corrected chi connectivity index (χ1v) is 9.86. The van der Waals surface area contributed by atoms with Crippen molar-refractivity contribution in [2.45, 2.75) is 44.9 Å². The molecule has 0 aromatic heterocycles. The van der Waals surface area contributed by atoms with Crippen molar-refractivity contribution in [2.75, 3.05) is 40.9 Å². The molecule has 26 heavy (non-hydrogen) atoms. The topological polar surface area (TPSA) is 46.1 Å². The molecule has 1 N–H and O–H groups in total. The number of benzene rings is 1. The molecule has 144 valence electrons. The van der Waals surface area contributed by atoms with Crippen LogP contribution in [0.25, 0.3) is 0 Å². The van der Waals surface area contributed by atoms with Gasteiger partial charge in [0.1, 0.15) is 0 Å². The molecule has 1 aliphatic heterocycles. The van der Waals surface area contributed by atoms with Gasteiger partial charge in [0.25, 0.3) is 0 Å². The van der Waals surface area contributed by atoms with Crippen molar-refractivity contribution in [3.05, 3.63) is 23.8 Å². The second-order valence-corrected chi connectivity index (χ2v) is 7.65. The van der Waals surface area contributed by atoms with Crippen LogP contribution in [-0.4, -0.2) is 51.8 Å². The maximum Gasteiger partial charge on any atom is 0.193 e. The van der Waals surface area contributed by atoms with E-state index in [4.69, 9.17) is 9.47 Å². The van der Waals surface area contributed by atoms with E-state index in [1.54, 1.807) is 14.2 Å². The minimum atomic E-state index is 0.581. The summed E-state index contributed by atoms with van der Waals surface area (Å²) in [5, 5.41) is 3.56. The number of aryl methyl sites for hydroxylation is 1. The highest BCUT2D eigenvalue weighted by molar-refractivity contribution is 5.80. The molecule has 0 bridgehead atoms. The fourth-order valence-electron chi connectivity index (χ4n) is 4.51. The zero-order valence-electron chi connectivity index (χ0n) is 16.5. The van der Waals surface area contributed by atoms with E-state index in [9.17, 15) is 0 Å². The molecule has 1 heterocycles. The predicted molar refractivity (Wildman–Crippen MR) is 106 cm³/mol. The van der Waals surface area contributed by atoms with Crippen LogP contribution in [0.2, 0.25) is 0 Å². The number of hydrogen-bond acceptors (Lipinski definition) is 3. The number of aliphatic imine (C=N–C) groups is 1. The highest BCUT2D eigenvalue weighted by Crippen LogP contribution is 2.45. The molecule has 3 rings (SSSR count). The number of methoxy groups -OCH3 is 2. The summed E-state index contributed by atoms with van der Waals surface area (Å²) in [4.78, 5) is 6.97. The summed E-state index contributed by atoms with van der Waals surface area (Å²) in [7, 11) is 5.25. The van der Waals surface area contributed by atoms with Crippen LogP contribution in [0.4, 0.5) is 0 Å². The van der Waals surface area contributed by atoms with Crippen molar-refractivity contribution in [3.63, 3.8) is 0 Å². The van der Waals surface area contributed by atoms with Gasteiger partial charge in [-0.1, -0.05) is 18.9 Å². The van der Waals surface area contributed by atoms with E-state index in [1.807, 2.05) is 13.1 Å². The molecule has 1 aromatic rings. The zero-order chi connectivity index (χ0) is 18.4. The van der Waals surface area contributed by atoms with E-state index in [2.05, 4.69) is 27.3 Å². The lowest BCUT2D eigenvalue weighted by Gasteiger charge is -2.26. The molecule has 2 aliphatic rings. The van der Waals surface area contributed by atoms with Crippen LogP contribution in [0.1, 0.15) is 44.1 Å². The Morgan fingerprint density at radius 2 is 1.92 bits per heavy atom. The molecule has 5 nitrogen and oxygen atoms in total. The lowest BCUT2D eigenvalue weighted by molar-refractivity contribution is 0.309. The van der Waals surface area contributed by atoms with Gasteiger partial charge in [0.2, 0.25) is 0 Å². The van der Waals surface area contributed by atoms with E-state index in [-0.39, 0.29) is 0 Å². The summed E-state index contributed by atoms with van der Waals surface area (Å²) in [6.45, 7) is 3.27. The van der Waals surface area contributed by atoms with Crippen LogP contribution < -0.4 is 14.8 Å². The minimum absolute atomic E-state index is 0.581. The Balaban J connectivity index is 1.45. The molecule has 2 fully saturated rings. The monoisotopic (exact) mass is 359 g/mol. The molecule has 1 aromatic carbocycles. The van der Waals surface area contributed by atoms with E-state index in [0.29, 0.717) is 5.41 Å². The molecule has 1 aliphatic carbocycles. The zero-order valence-corrected chi connectivity index (χ0v) is 16.5. The Morgan fingerprint density at radius 3 is 2.62 bits per heavy atom. The first kappa shape index (κ1) is 18.9. The van der Waals surface area contributed by atoms with Gasteiger partial charge in [-0.2, -0.15) is 0 Å². The number of nitrogens with zero attached hydrogens (tertiary/aromatic N) is 2. The van der Waals surface area contributed by atoms with Crippen molar-refractivity contribution in [1.82, 2.24) is 10.2 Å². The Bertz CT molecular complexity index is 624. The van der Waals surface area contributed by atoms with Gasteiger partial charge in [-0.3, -0.25) is 4.99 Å². The second-order valence-electron chi connectivity index (χ2n) is 7.65. The molecular formula is C21H33N3O2. The van der Waals surface area contributed by atoms with Crippen LogP contribution in [0.5, 0.6) is 11.5 Å². The molecular weight excluding hydrogens is 326 g/mol. The van der Waals surface area contributed by atoms with Crippen molar-refractivity contribution in [2.24, 2.45) is 10.4 Å². The van der Waals surface area contributed by atoms with Crippen LogP contribution in [0.3, 0.4) is 0 Å². The lowest BCUT2D eigenvalue weighted by atomic mass is 9.86. The summed E-state index contributed by atoms with van der Waals surface area (Å²) in [5.74, 6) is 2.65. The van der Waals surface area contributed by atoms with E-state index >= 15 is 0 Å². The Hall–Kier alpha value is -1.91. The van der Waals surface area contributed by atoms with E-state index in [1.165, 1.54) is 44.2 Å². The molecule has 1 spiro atoms. The molecule has 1 saturated carbocycles. The highest BCUT2D eigenvalue weighted by Gasteiger charge is 2.40. The van der Waals surface area contributed by atoms with Gasteiger partial charge in [-0.05, 0) is 55.2 Å². The van der Waals surface area contributed by atoms with Crippen molar-refractivity contribution in [3.8, 4) is 11.5 Å². The number of rotatable bonds is 6. The lowest BCUT2D eigenvalue weighted by Crippen LogP contribution is -2.41. The molecule has 0 radical (unpaired) electrons. The first-order chi connectivity index (χ1) is 12.7. The van der Waals surface area contributed by atoms with Gasteiger partial charge in [-0.15, -0.1) is 0 Å². The van der Waals surface area contributed by atoms with Gasteiger partial charge < -0.3 is 19.7 Å². The van der Waals surface area contributed by atoms with E-state index in [0.717, 1.165) is 43.4 Å². The summed E-state index contributed by atoms with van der Waals surface area (Å²) >= 11 is 0. The van der Waals surface area contributed by atoms with Crippen molar-refractivity contribution >= 4 is 5.96 Å². The predicted octanol–water partition coefficient (Wildman–Crippen LogP) is 3.48. The SMILES string of the molecule is CN=C(NCCCc1ccc(OC)c(OC)c1)N1CCC2(CCCC2)C1. The van der Waals surface area contributed by atoms with Gasteiger partial charge in [0.15, 0.2) is 17.5 Å². The van der Waals surface area contributed by atoms with Crippen LogP contribution in [0, 0.1) is 5.41 Å². The molecule has 0 amide bonds. The van der Waals surface area contributed by atoms with Gasteiger partial charge >= 0.3 is 0 Å². The van der Waals surface area contributed by atoms with Gasteiger partial charge in [-0.25, -0.2) is 0 Å². The number of hydrogen-bond donors (Lipinski definition) is 1. The first-order valence-electron chi connectivity index (χ1n) is 9.86. The van der Waals surface area contributed by atoms with Crippen LogP contribution in [-0.2, 0) is 6.42 Å². The normalized spacial score (nSPS) is 19.2. The maximum atomic E-state index is 5.39. The number of likely N-dealkylation sites (tertiary alicyclic amines) is 1. The van der Waals surface area contributed by atoms with Crippen molar-refractivity contribution < 1.29 is 9.47 Å². The standard InChI is InChI=1S/C21H33N3O2/c1-22-20(24-14-12-21(16-24)10-4-5-11-21)23-13-6-7-17-8-9-18(25-2)19(15-17)26-3/h8-9,15H,4-7,10-14,16H2,1-3H3,(H,22,23). The summed E-state index contributed by atoms with van der Waals surface area (Å²) < 4.78 is 10.7. The Morgan fingerprint density at radius 1 is 1.15 bits per heavy atom. The smallest absolute Gasteiger partial charge is 0.193 e. The molecule has 5 heteroatoms. The minimum Gasteiger partial charge on any atom is -0.493 e. The third-order valence-electron chi connectivity index (χ3n) is 5.99. The Kier molecular flexibility index (Phi) is 6.28.